The first kappa shape index (κ1) is 14.3. The minimum atomic E-state index is -0.0372. The molecule has 3 heteroatoms. The van der Waals surface area contributed by atoms with Crippen LogP contribution in [0.15, 0.2) is 0 Å². The molecule has 0 atom stereocenters. The Morgan fingerprint density at radius 1 is 1.09 bits per heavy atom. The first-order chi connectivity index (χ1) is 4.27. The van der Waals surface area contributed by atoms with E-state index in [0.29, 0.717) is 0 Å². The Hall–Kier alpha value is 0.774. The van der Waals surface area contributed by atoms with Gasteiger partial charge in [-0.1, -0.05) is 40.2 Å². The van der Waals surface area contributed by atoms with Gasteiger partial charge in [0.15, 0.2) is 0 Å². The third kappa shape index (κ3) is 8.68. The molecule has 0 spiro atoms. The SMILES string of the molecule is CC(C)(C)[CH-]C(C)(C)O[SiH3].[Li+]. The third-order valence-corrected chi connectivity index (χ3v) is 2.36. The monoisotopic (exact) mass is 166 g/mol. The normalized spacial score (nSPS) is 12.8. The van der Waals surface area contributed by atoms with Gasteiger partial charge in [0.1, 0.15) is 10.5 Å². The van der Waals surface area contributed by atoms with Crippen molar-refractivity contribution in [2.45, 2.75) is 40.2 Å². The Kier molecular flexibility index (Phi) is 6.13. The van der Waals surface area contributed by atoms with Crippen molar-refractivity contribution >= 4 is 10.5 Å². The topological polar surface area (TPSA) is 9.23 Å². The number of hydrogen-bond acceptors (Lipinski definition) is 1. The minimum Gasteiger partial charge on any atom is -0.453 e. The molecule has 0 fully saturated rings. The van der Waals surface area contributed by atoms with Gasteiger partial charge >= 0.3 is 18.9 Å². The van der Waals surface area contributed by atoms with Crippen LogP contribution in [0.5, 0.6) is 0 Å². The Labute approximate surface area is 86.0 Å². The zero-order valence-electron chi connectivity index (χ0n) is 8.99. The van der Waals surface area contributed by atoms with E-state index in [0.717, 1.165) is 10.5 Å². The van der Waals surface area contributed by atoms with Crippen molar-refractivity contribution in [2.24, 2.45) is 5.41 Å². The maximum absolute atomic E-state index is 5.40. The quantitative estimate of drug-likeness (QED) is 0.351. The van der Waals surface area contributed by atoms with Gasteiger partial charge < -0.3 is 4.43 Å². The van der Waals surface area contributed by atoms with E-state index in [2.05, 4.69) is 41.0 Å². The Balaban J connectivity index is 0. The average molecular weight is 166 g/mol. The molecule has 1 nitrogen and oxygen atoms in total. The molecule has 0 aromatic heterocycles. The maximum Gasteiger partial charge on any atom is 1.00 e. The van der Waals surface area contributed by atoms with Crippen LogP contribution in [-0.4, -0.2) is 16.1 Å². The summed E-state index contributed by atoms with van der Waals surface area (Å²) in [6.07, 6.45) is 2.24. The van der Waals surface area contributed by atoms with Gasteiger partial charge in [0.25, 0.3) is 0 Å². The molecule has 11 heavy (non-hydrogen) atoms. The third-order valence-electron chi connectivity index (χ3n) is 1.31. The first-order valence-corrected chi connectivity index (χ1v) is 4.51. The van der Waals surface area contributed by atoms with Gasteiger partial charge in [-0.05, 0) is 0 Å². The zero-order chi connectivity index (χ0) is 8.41. The van der Waals surface area contributed by atoms with Crippen molar-refractivity contribution in [2.75, 3.05) is 0 Å². The summed E-state index contributed by atoms with van der Waals surface area (Å²) in [5.41, 5.74) is 0.221. The molecule has 0 aromatic carbocycles. The van der Waals surface area contributed by atoms with Gasteiger partial charge in [-0.2, -0.15) is 5.41 Å². The summed E-state index contributed by atoms with van der Waals surface area (Å²) < 4.78 is 5.40. The Morgan fingerprint density at radius 3 is 1.55 bits per heavy atom. The van der Waals surface area contributed by atoms with Crippen LogP contribution in [0.2, 0.25) is 0 Å². The van der Waals surface area contributed by atoms with Gasteiger partial charge in [-0.15, -0.1) is 0 Å². The fourth-order valence-corrected chi connectivity index (χ4v) is 1.22. The standard InChI is InChI=1S/C8H19OSi.Li/c1-7(2,3)6-8(4,5)9-10;/h6H,1-5,10H3;/q-1;+1. The van der Waals surface area contributed by atoms with Crippen LogP contribution in [0.1, 0.15) is 34.6 Å². The van der Waals surface area contributed by atoms with Crippen molar-refractivity contribution < 1.29 is 23.3 Å². The second-order valence-electron chi connectivity index (χ2n) is 4.32. The second-order valence-corrected chi connectivity index (χ2v) is 4.73. The second kappa shape index (κ2) is 4.72. The van der Waals surface area contributed by atoms with Gasteiger partial charge in [-0.3, -0.25) is 6.42 Å². The van der Waals surface area contributed by atoms with Crippen molar-refractivity contribution in [1.29, 1.82) is 0 Å². The molecule has 0 aliphatic rings. The predicted octanol–water partition coefficient (Wildman–Crippen LogP) is -1.68. The summed E-state index contributed by atoms with van der Waals surface area (Å²) in [6.45, 7) is 10.8. The summed E-state index contributed by atoms with van der Waals surface area (Å²) in [5, 5.41) is 0. The van der Waals surface area contributed by atoms with E-state index in [9.17, 15) is 0 Å². The van der Waals surface area contributed by atoms with Crippen LogP contribution in [-0.2, 0) is 4.43 Å². The van der Waals surface area contributed by atoms with Crippen molar-refractivity contribution in [1.82, 2.24) is 0 Å². The predicted molar refractivity (Wildman–Crippen MR) is 48.9 cm³/mol. The minimum absolute atomic E-state index is 0. The van der Waals surface area contributed by atoms with E-state index >= 15 is 0 Å². The van der Waals surface area contributed by atoms with Crippen molar-refractivity contribution in [3.05, 3.63) is 6.42 Å². The van der Waals surface area contributed by atoms with Crippen LogP contribution in [0, 0.1) is 11.8 Å². The summed E-state index contributed by atoms with van der Waals surface area (Å²) in [4.78, 5) is 0. The largest absolute Gasteiger partial charge is 1.00 e. The smallest absolute Gasteiger partial charge is 0.453 e. The summed E-state index contributed by atoms with van der Waals surface area (Å²) in [5.74, 6) is 0. The van der Waals surface area contributed by atoms with Gasteiger partial charge in [-0.25, -0.2) is 0 Å². The van der Waals surface area contributed by atoms with E-state index in [1.165, 1.54) is 0 Å². The molecule has 0 saturated carbocycles. The molecule has 0 bridgehead atoms. The van der Waals surface area contributed by atoms with Crippen LogP contribution in [0.25, 0.3) is 0 Å². The van der Waals surface area contributed by atoms with Crippen LogP contribution < -0.4 is 18.9 Å². The molecular formula is C8H19LiOSi. The first-order valence-electron chi connectivity index (χ1n) is 3.69. The molecule has 62 valence electrons. The van der Waals surface area contributed by atoms with Gasteiger partial charge in [0.05, 0.1) is 0 Å². The molecule has 0 saturated heterocycles. The van der Waals surface area contributed by atoms with E-state index < -0.39 is 0 Å². The molecule has 0 unspecified atom stereocenters. The average Bonchev–Trinajstić information content (AvgIpc) is 1.60. The molecular weight excluding hydrogens is 147 g/mol. The summed E-state index contributed by atoms with van der Waals surface area (Å²) in [7, 11) is 0.809. The Morgan fingerprint density at radius 2 is 1.45 bits per heavy atom. The van der Waals surface area contributed by atoms with E-state index in [-0.39, 0.29) is 29.9 Å². The summed E-state index contributed by atoms with van der Waals surface area (Å²) >= 11 is 0. The molecule has 0 radical (unpaired) electrons. The van der Waals surface area contributed by atoms with E-state index in [4.69, 9.17) is 4.43 Å². The molecule has 0 N–H and O–H groups in total. The van der Waals surface area contributed by atoms with Gasteiger partial charge in [0.2, 0.25) is 0 Å². The van der Waals surface area contributed by atoms with E-state index in [1.807, 2.05) is 0 Å². The fraction of sp³-hybridized carbons (Fsp3) is 0.875. The van der Waals surface area contributed by atoms with Crippen molar-refractivity contribution in [3.63, 3.8) is 0 Å². The Bertz CT molecular complexity index is 107. The molecule has 0 aliphatic heterocycles. The van der Waals surface area contributed by atoms with E-state index in [1.54, 1.807) is 0 Å². The van der Waals surface area contributed by atoms with Crippen LogP contribution >= 0.6 is 0 Å². The van der Waals surface area contributed by atoms with Crippen molar-refractivity contribution in [3.8, 4) is 0 Å². The molecule has 0 rings (SSSR count). The molecule has 0 aliphatic carbocycles. The number of rotatable bonds is 2. The molecule has 0 amide bonds. The van der Waals surface area contributed by atoms with Crippen LogP contribution in [0.3, 0.4) is 0 Å². The molecule has 0 heterocycles. The van der Waals surface area contributed by atoms with Crippen LogP contribution in [0.4, 0.5) is 0 Å². The van der Waals surface area contributed by atoms with Gasteiger partial charge in [0, 0.05) is 0 Å². The fourth-order valence-electron chi connectivity index (χ4n) is 1.10. The maximum atomic E-state index is 5.40. The number of hydrogen-bond donors (Lipinski definition) is 0. The molecule has 0 aromatic rings. The summed E-state index contributed by atoms with van der Waals surface area (Å²) in [6, 6.07) is 0. The zero-order valence-corrected chi connectivity index (χ0v) is 11.0.